The smallest absolute Gasteiger partial charge is 0.259 e. The first kappa shape index (κ1) is 20.8. The minimum Gasteiger partial charge on any atom is -0.323 e. The van der Waals surface area contributed by atoms with Gasteiger partial charge >= 0.3 is 0 Å². The lowest BCUT2D eigenvalue weighted by Crippen LogP contribution is -2.16. The number of hydrogen-bond acceptors (Lipinski definition) is 8. The van der Waals surface area contributed by atoms with Crippen molar-refractivity contribution in [1.82, 2.24) is 30.2 Å². The number of aromatic nitrogens is 6. The molecule has 12 heteroatoms. The van der Waals surface area contributed by atoms with Gasteiger partial charge in [-0.15, -0.1) is 28.2 Å². The fraction of sp³-hybridized carbons (Fsp3) is 0.300. The molecule has 3 heterocycles. The van der Waals surface area contributed by atoms with E-state index in [0.29, 0.717) is 22.7 Å². The molecule has 0 radical (unpaired) electrons. The Morgan fingerprint density at radius 1 is 1.31 bits per heavy atom. The molecule has 0 unspecified atom stereocenters. The number of nitrogens with one attached hydrogen (secondary N) is 2. The Morgan fingerprint density at radius 2 is 2.19 bits per heavy atom. The van der Waals surface area contributed by atoms with E-state index >= 15 is 0 Å². The monoisotopic (exact) mass is 471 g/mol. The number of thioether (sulfide) groups is 1. The van der Waals surface area contributed by atoms with Gasteiger partial charge in [-0.05, 0) is 59.9 Å². The number of aromatic amines is 1. The molecular formula is C20H18FN7O2S2. The van der Waals surface area contributed by atoms with E-state index in [4.69, 9.17) is 0 Å². The van der Waals surface area contributed by atoms with E-state index in [-0.39, 0.29) is 22.9 Å². The average molecular weight is 472 g/mol. The standard InChI is InChI=1S/C20H18FN7O2S2/c21-13-6-5-11(28-10-22-26-27-28)7-14(13)23-17(29)9-31-8-16-24-19(30)18-12-3-1-2-4-15(12)32-20(18)25-16/h5-7,10H,1-4,8-9H2,(H,23,29)(H,24,25,30). The number of thiophene rings is 1. The predicted molar refractivity (Wildman–Crippen MR) is 121 cm³/mol. The number of tetrazole rings is 1. The number of amides is 1. The molecular weight excluding hydrogens is 453 g/mol. The molecule has 1 aromatic carbocycles. The SMILES string of the molecule is O=C(CSCc1nc2sc3c(c2c(=O)[nH]1)CCCC3)Nc1cc(-n2cnnn2)ccc1F. The molecule has 0 bridgehead atoms. The van der Waals surface area contributed by atoms with Gasteiger partial charge in [0.1, 0.15) is 22.8 Å². The van der Waals surface area contributed by atoms with E-state index < -0.39 is 5.82 Å². The minimum absolute atomic E-state index is 0.0423. The third-order valence-electron chi connectivity index (χ3n) is 5.18. The minimum atomic E-state index is -0.557. The van der Waals surface area contributed by atoms with Crippen LogP contribution in [0.4, 0.5) is 10.1 Å². The van der Waals surface area contributed by atoms with Gasteiger partial charge in [-0.2, -0.15) is 0 Å². The Balaban J connectivity index is 1.23. The van der Waals surface area contributed by atoms with Gasteiger partial charge < -0.3 is 10.3 Å². The van der Waals surface area contributed by atoms with Gasteiger partial charge in [-0.3, -0.25) is 9.59 Å². The number of halogens is 1. The maximum Gasteiger partial charge on any atom is 0.259 e. The Labute approximate surface area is 189 Å². The Bertz CT molecular complexity index is 1350. The van der Waals surface area contributed by atoms with Gasteiger partial charge in [0.05, 0.1) is 28.3 Å². The van der Waals surface area contributed by atoms with Crippen molar-refractivity contribution in [2.24, 2.45) is 0 Å². The van der Waals surface area contributed by atoms with Crippen LogP contribution in [0.15, 0.2) is 29.3 Å². The molecule has 1 amide bonds. The number of fused-ring (bicyclic) bond motifs is 3. The molecule has 1 aliphatic rings. The van der Waals surface area contributed by atoms with Crippen LogP contribution in [0, 0.1) is 5.82 Å². The molecule has 9 nitrogen and oxygen atoms in total. The van der Waals surface area contributed by atoms with Crippen LogP contribution in [0.25, 0.3) is 15.9 Å². The van der Waals surface area contributed by atoms with Gasteiger partial charge in [0, 0.05) is 4.88 Å². The lowest BCUT2D eigenvalue weighted by atomic mass is 9.97. The fourth-order valence-electron chi connectivity index (χ4n) is 3.73. The van der Waals surface area contributed by atoms with Gasteiger partial charge in [-0.1, -0.05) is 0 Å². The van der Waals surface area contributed by atoms with Crippen molar-refractivity contribution >= 4 is 44.9 Å². The highest BCUT2D eigenvalue weighted by atomic mass is 32.2. The van der Waals surface area contributed by atoms with Crippen molar-refractivity contribution < 1.29 is 9.18 Å². The van der Waals surface area contributed by atoms with Crippen LogP contribution in [-0.2, 0) is 23.4 Å². The number of rotatable bonds is 6. The van der Waals surface area contributed by atoms with Crippen molar-refractivity contribution in [3.63, 3.8) is 0 Å². The summed E-state index contributed by atoms with van der Waals surface area (Å²) in [4.78, 5) is 34.4. The lowest BCUT2D eigenvalue weighted by Gasteiger charge is -2.09. The Kier molecular flexibility index (Phi) is 5.70. The molecule has 0 fully saturated rings. The first-order valence-electron chi connectivity index (χ1n) is 10.0. The topological polar surface area (TPSA) is 118 Å². The highest BCUT2D eigenvalue weighted by molar-refractivity contribution is 7.99. The molecule has 2 N–H and O–H groups in total. The Morgan fingerprint density at radius 3 is 3.03 bits per heavy atom. The number of anilines is 1. The van der Waals surface area contributed by atoms with Crippen LogP contribution < -0.4 is 10.9 Å². The largest absolute Gasteiger partial charge is 0.323 e. The van der Waals surface area contributed by atoms with Gasteiger partial charge in [0.2, 0.25) is 5.91 Å². The number of hydrogen-bond donors (Lipinski definition) is 2. The van der Waals surface area contributed by atoms with Crippen molar-refractivity contribution in [1.29, 1.82) is 0 Å². The number of H-pyrrole nitrogens is 1. The Hall–Kier alpha value is -3.12. The summed E-state index contributed by atoms with van der Waals surface area (Å²) >= 11 is 2.89. The van der Waals surface area contributed by atoms with Gasteiger partial charge in [0.25, 0.3) is 5.56 Å². The van der Waals surface area contributed by atoms with E-state index in [1.54, 1.807) is 11.3 Å². The van der Waals surface area contributed by atoms with E-state index in [0.717, 1.165) is 36.1 Å². The van der Waals surface area contributed by atoms with Crippen molar-refractivity contribution in [2.75, 3.05) is 11.1 Å². The van der Waals surface area contributed by atoms with Crippen LogP contribution in [0.1, 0.15) is 29.1 Å². The van der Waals surface area contributed by atoms with E-state index in [9.17, 15) is 14.0 Å². The third kappa shape index (κ3) is 4.15. The predicted octanol–water partition coefficient (Wildman–Crippen LogP) is 2.85. The normalized spacial score (nSPS) is 13.3. The number of benzene rings is 1. The summed E-state index contributed by atoms with van der Waals surface area (Å²) in [6.45, 7) is 0. The maximum atomic E-state index is 14.1. The third-order valence-corrected chi connectivity index (χ3v) is 7.31. The van der Waals surface area contributed by atoms with Gasteiger partial charge in [0.15, 0.2) is 0 Å². The second-order valence-electron chi connectivity index (χ2n) is 7.36. The van der Waals surface area contributed by atoms with E-state index in [2.05, 4.69) is 30.8 Å². The molecule has 3 aromatic heterocycles. The van der Waals surface area contributed by atoms with Crippen LogP contribution in [-0.4, -0.2) is 41.8 Å². The van der Waals surface area contributed by atoms with Crippen LogP contribution in [0.5, 0.6) is 0 Å². The molecule has 1 aliphatic carbocycles. The summed E-state index contributed by atoms with van der Waals surface area (Å²) in [5.41, 5.74) is 1.60. The molecule has 4 aromatic rings. The van der Waals surface area contributed by atoms with Crippen molar-refractivity contribution in [2.45, 2.75) is 31.4 Å². The maximum absolute atomic E-state index is 14.1. The second-order valence-corrected chi connectivity index (χ2v) is 9.43. The number of carbonyl (C=O) groups excluding carboxylic acids is 1. The number of aryl methyl sites for hydroxylation is 2. The summed E-state index contributed by atoms with van der Waals surface area (Å²) in [5.74, 6) is 0.0627. The molecule has 5 rings (SSSR count). The summed E-state index contributed by atoms with van der Waals surface area (Å²) in [6.07, 6.45) is 5.56. The summed E-state index contributed by atoms with van der Waals surface area (Å²) in [6, 6.07) is 4.21. The average Bonchev–Trinajstić information content (AvgIpc) is 3.43. The van der Waals surface area contributed by atoms with Crippen LogP contribution in [0.3, 0.4) is 0 Å². The first-order chi connectivity index (χ1) is 15.6. The molecule has 0 atom stereocenters. The molecule has 0 spiro atoms. The highest BCUT2D eigenvalue weighted by Crippen LogP contribution is 2.33. The zero-order chi connectivity index (χ0) is 22.1. The van der Waals surface area contributed by atoms with Gasteiger partial charge in [-0.25, -0.2) is 14.1 Å². The summed E-state index contributed by atoms with van der Waals surface area (Å²) < 4.78 is 15.5. The van der Waals surface area contributed by atoms with Crippen LogP contribution >= 0.6 is 23.1 Å². The quantitative estimate of drug-likeness (QED) is 0.444. The van der Waals surface area contributed by atoms with Crippen molar-refractivity contribution in [3.8, 4) is 5.69 Å². The summed E-state index contributed by atoms with van der Waals surface area (Å²) in [7, 11) is 0. The number of nitrogens with zero attached hydrogens (tertiary/aromatic N) is 5. The van der Waals surface area contributed by atoms with E-state index in [1.165, 1.54) is 45.8 Å². The van der Waals surface area contributed by atoms with E-state index in [1.807, 2.05) is 0 Å². The molecule has 32 heavy (non-hydrogen) atoms. The fourth-order valence-corrected chi connectivity index (χ4v) is 5.71. The molecule has 0 aliphatic heterocycles. The van der Waals surface area contributed by atoms with Crippen LogP contribution in [0.2, 0.25) is 0 Å². The molecule has 0 saturated carbocycles. The lowest BCUT2D eigenvalue weighted by molar-refractivity contribution is -0.113. The molecule has 164 valence electrons. The summed E-state index contributed by atoms with van der Waals surface area (Å²) in [5, 5.41) is 14.1. The highest BCUT2D eigenvalue weighted by Gasteiger charge is 2.20. The molecule has 0 saturated heterocycles. The zero-order valence-corrected chi connectivity index (χ0v) is 18.4. The number of carbonyl (C=O) groups is 1. The van der Waals surface area contributed by atoms with Crippen molar-refractivity contribution in [3.05, 3.63) is 57.0 Å². The first-order valence-corrected chi connectivity index (χ1v) is 12.0. The zero-order valence-electron chi connectivity index (χ0n) is 16.8. The second kappa shape index (κ2) is 8.79.